The fourth-order valence-corrected chi connectivity index (χ4v) is 2.19. The Kier molecular flexibility index (Phi) is 2.02. The van der Waals surface area contributed by atoms with Crippen LogP contribution in [0.15, 0.2) is 54.7 Å². The van der Waals surface area contributed by atoms with Crippen molar-refractivity contribution in [2.24, 2.45) is 0 Å². The average molecular weight is 195 g/mol. The zero-order valence-electron chi connectivity index (χ0n) is 8.51. The van der Waals surface area contributed by atoms with Crippen LogP contribution in [0, 0.1) is 0 Å². The third kappa shape index (κ3) is 1.65. The smallest absolute Gasteiger partial charge is 0.0440 e. The Morgan fingerprint density at radius 3 is 2.40 bits per heavy atom. The van der Waals surface area contributed by atoms with Crippen molar-refractivity contribution >= 4 is 0 Å². The zero-order chi connectivity index (χ0) is 10.1. The van der Waals surface area contributed by atoms with Gasteiger partial charge in [0.25, 0.3) is 0 Å². The van der Waals surface area contributed by atoms with E-state index in [4.69, 9.17) is 0 Å². The number of hydrogen-bond donors (Lipinski definition) is 0. The van der Waals surface area contributed by atoms with Crippen LogP contribution in [0.4, 0.5) is 0 Å². The van der Waals surface area contributed by atoms with Crippen LogP contribution in [0.1, 0.15) is 29.5 Å². The van der Waals surface area contributed by atoms with Crippen LogP contribution in [-0.4, -0.2) is 4.98 Å². The molecule has 74 valence electrons. The van der Waals surface area contributed by atoms with Crippen LogP contribution in [0.2, 0.25) is 0 Å². The highest BCUT2D eigenvalue weighted by molar-refractivity contribution is 5.32. The molecule has 0 aliphatic heterocycles. The van der Waals surface area contributed by atoms with Gasteiger partial charge in [0, 0.05) is 17.8 Å². The average Bonchev–Trinajstić information content (AvgIpc) is 3.11. The van der Waals surface area contributed by atoms with Gasteiger partial charge in [-0.25, -0.2) is 0 Å². The van der Waals surface area contributed by atoms with Gasteiger partial charge in [-0.15, -0.1) is 0 Å². The fourth-order valence-electron chi connectivity index (χ4n) is 2.19. The minimum absolute atomic E-state index is 0.647. The largest absolute Gasteiger partial charge is 0.261 e. The predicted molar refractivity (Wildman–Crippen MR) is 60.8 cm³/mol. The Morgan fingerprint density at radius 1 is 0.867 bits per heavy atom. The fraction of sp³-hybridized carbons (Fsp3) is 0.214. The molecule has 0 saturated heterocycles. The minimum atomic E-state index is 0.647. The summed E-state index contributed by atoms with van der Waals surface area (Å²) in [6.07, 6.45) is 3.14. The molecule has 1 heteroatoms. The van der Waals surface area contributed by atoms with Gasteiger partial charge in [0.1, 0.15) is 0 Å². The van der Waals surface area contributed by atoms with Gasteiger partial charge in [-0.1, -0.05) is 36.4 Å². The van der Waals surface area contributed by atoms with E-state index in [2.05, 4.69) is 47.4 Å². The third-order valence-corrected chi connectivity index (χ3v) is 3.09. The summed E-state index contributed by atoms with van der Waals surface area (Å²) in [6, 6.07) is 16.9. The monoisotopic (exact) mass is 195 g/mol. The molecule has 0 radical (unpaired) electrons. The van der Waals surface area contributed by atoms with Crippen molar-refractivity contribution < 1.29 is 0 Å². The summed E-state index contributed by atoms with van der Waals surface area (Å²) >= 11 is 0. The highest BCUT2D eigenvalue weighted by Gasteiger charge is 2.40. The number of aromatic nitrogens is 1. The van der Waals surface area contributed by atoms with E-state index in [1.165, 1.54) is 17.7 Å². The molecule has 1 heterocycles. The summed E-state index contributed by atoms with van der Waals surface area (Å²) in [6.45, 7) is 0. The molecule has 0 bridgehead atoms. The summed E-state index contributed by atoms with van der Waals surface area (Å²) in [7, 11) is 0. The van der Waals surface area contributed by atoms with Crippen molar-refractivity contribution in [3.05, 3.63) is 66.0 Å². The SMILES string of the molecule is c1ccc([C@H]2C[C@H]2c2ccccn2)cc1. The van der Waals surface area contributed by atoms with Crippen LogP contribution in [0.5, 0.6) is 0 Å². The van der Waals surface area contributed by atoms with Crippen LogP contribution in [0.3, 0.4) is 0 Å². The third-order valence-electron chi connectivity index (χ3n) is 3.09. The van der Waals surface area contributed by atoms with Gasteiger partial charge in [-0.3, -0.25) is 4.98 Å². The maximum atomic E-state index is 4.42. The normalized spacial score (nSPS) is 23.7. The van der Waals surface area contributed by atoms with Gasteiger partial charge >= 0.3 is 0 Å². The highest BCUT2D eigenvalue weighted by Crippen LogP contribution is 2.53. The second-order valence-electron chi connectivity index (χ2n) is 4.11. The van der Waals surface area contributed by atoms with Crippen LogP contribution in [-0.2, 0) is 0 Å². The number of benzene rings is 1. The van der Waals surface area contributed by atoms with Crippen molar-refractivity contribution in [1.29, 1.82) is 0 Å². The second-order valence-corrected chi connectivity index (χ2v) is 4.11. The van der Waals surface area contributed by atoms with E-state index in [9.17, 15) is 0 Å². The van der Waals surface area contributed by atoms with Gasteiger partial charge in [0.2, 0.25) is 0 Å². The lowest BCUT2D eigenvalue weighted by atomic mass is 10.1. The van der Waals surface area contributed by atoms with Gasteiger partial charge in [0.15, 0.2) is 0 Å². The lowest BCUT2D eigenvalue weighted by molar-refractivity contribution is 0.966. The molecule has 1 aliphatic rings. The predicted octanol–water partition coefficient (Wildman–Crippen LogP) is 3.35. The van der Waals surface area contributed by atoms with E-state index < -0.39 is 0 Å². The lowest BCUT2D eigenvalue weighted by Crippen LogP contribution is -1.86. The molecule has 1 aromatic heterocycles. The molecular weight excluding hydrogens is 182 g/mol. The van der Waals surface area contributed by atoms with Gasteiger partial charge in [0.05, 0.1) is 0 Å². The molecule has 0 N–H and O–H groups in total. The van der Waals surface area contributed by atoms with Crippen molar-refractivity contribution in [1.82, 2.24) is 4.98 Å². The highest BCUT2D eigenvalue weighted by atomic mass is 14.7. The molecular formula is C14H13N. The number of nitrogens with zero attached hydrogens (tertiary/aromatic N) is 1. The Bertz CT molecular complexity index is 392. The van der Waals surface area contributed by atoms with E-state index in [0.29, 0.717) is 11.8 Å². The molecule has 0 unspecified atom stereocenters. The summed E-state index contributed by atoms with van der Waals surface area (Å²) in [5, 5.41) is 0. The summed E-state index contributed by atoms with van der Waals surface area (Å²) in [5.74, 6) is 1.34. The Balaban J connectivity index is 1.81. The molecule has 1 aromatic carbocycles. The summed E-state index contributed by atoms with van der Waals surface area (Å²) < 4.78 is 0. The second kappa shape index (κ2) is 3.50. The maximum Gasteiger partial charge on any atom is 0.0440 e. The maximum absolute atomic E-state index is 4.42. The van der Waals surface area contributed by atoms with Crippen LogP contribution >= 0.6 is 0 Å². The molecule has 0 amide bonds. The molecule has 0 spiro atoms. The molecule has 1 nitrogen and oxygen atoms in total. The van der Waals surface area contributed by atoms with E-state index in [-0.39, 0.29) is 0 Å². The van der Waals surface area contributed by atoms with E-state index in [1.807, 2.05) is 12.3 Å². The van der Waals surface area contributed by atoms with Crippen molar-refractivity contribution in [2.45, 2.75) is 18.3 Å². The molecule has 2 atom stereocenters. The summed E-state index contributed by atoms with van der Waals surface area (Å²) in [5.41, 5.74) is 2.69. The van der Waals surface area contributed by atoms with Crippen molar-refractivity contribution in [3.8, 4) is 0 Å². The first kappa shape index (κ1) is 8.66. The van der Waals surface area contributed by atoms with Crippen LogP contribution in [0.25, 0.3) is 0 Å². The van der Waals surface area contributed by atoms with E-state index >= 15 is 0 Å². The van der Waals surface area contributed by atoms with E-state index in [1.54, 1.807) is 0 Å². The molecule has 3 rings (SSSR count). The molecule has 1 aliphatic carbocycles. The van der Waals surface area contributed by atoms with E-state index in [0.717, 1.165) is 0 Å². The van der Waals surface area contributed by atoms with Gasteiger partial charge in [-0.05, 0) is 30.0 Å². The summed E-state index contributed by atoms with van der Waals surface area (Å²) in [4.78, 5) is 4.42. The van der Waals surface area contributed by atoms with Crippen LogP contribution < -0.4 is 0 Å². The number of hydrogen-bond acceptors (Lipinski definition) is 1. The van der Waals surface area contributed by atoms with Crippen molar-refractivity contribution in [2.75, 3.05) is 0 Å². The Morgan fingerprint density at radius 2 is 1.67 bits per heavy atom. The number of rotatable bonds is 2. The Hall–Kier alpha value is -1.63. The standard InChI is InChI=1S/C14H13N/c1-2-6-11(7-3-1)12-10-13(12)14-8-4-5-9-15-14/h1-9,12-13H,10H2/t12-,13-/m1/s1. The first-order valence-corrected chi connectivity index (χ1v) is 5.41. The topological polar surface area (TPSA) is 12.9 Å². The molecule has 15 heavy (non-hydrogen) atoms. The number of pyridine rings is 1. The zero-order valence-corrected chi connectivity index (χ0v) is 8.51. The van der Waals surface area contributed by atoms with Crippen molar-refractivity contribution in [3.63, 3.8) is 0 Å². The Labute approximate surface area is 89.8 Å². The molecule has 1 saturated carbocycles. The lowest BCUT2D eigenvalue weighted by Gasteiger charge is -1.99. The molecule has 2 aromatic rings. The first-order valence-electron chi connectivity index (χ1n) is 5.41. The minimum Gasteiger partial charge on any atom is -0.261 e. The van der Waals surface area contributed by atoms with Gasteiger partial charge in [-0.2, -0.15) is 0 Å². The first-order chi connectivity index (χ1) is 7.45. The van der Waals surface area contributed by atoms with Gasteiger partial charge < -0.3 is 0 Å². The quantitative estimate of drug-likeness (QED) is 0.716. The molecule has 1 fully saturated rings.